The highest BCUT2D eigenvalue weighted by Crippen LogP contribution is 2.38. The first-order valence-corrected chi connectivity index (χ1v) is 8.29. The lowest BCUT2D eigenvalue weighted by Crippen LogP contribution is -2.36. The summed E-state index contributed by atoms with van der Waals surface area (Å²) >= 11 is 0. The predicted octanol–water partition coefficient (Wildman–Crippen LogP) is 3.22. The lowest BCUT2D eigenvalue weighted by atomic mass is 10.1. The average molecular weight is 359 g/mol. The molecule has 2 aromatic carbocycles. The Morgan fingerprint density at radius 3 is 2.15 bits per heavy atom. The molecule has 2 aromatic rings. The fraction of sp³-hybridized carbons (Fsp3) is 0.350. The van der Waals surface area contributed by atoms with Crippen LogP contribution < -0.4 is 24.3 Å². The lowest BCUT2D eigenvalue weighted by molar-refractivity contribution is 0.0925. The Kier molecular flexibility index (Phi) is 6.72. The normalized spacial score (nSPS) is 11.4. The van der Waals surface area contributed by atoms with Gasteiger partial charge in [-0.05, 0) is 37.6 Å². The van der Waals surface area contributed by atoms with Crippen molar-refractivity contribution in [1.29, 1.82) is 0 Å². The molecule has 0 fully saturated rings. The molecule has 26 heavy (non-hydrogen) atoms. The molecule has 0 aromatic heterocycles. The molecule has 1 amide bonds. The molecule has 0 saturated carbocycles. The van der Waals surface area contributed by atoms with Gasteiger partial charge in [-0.2, -0.15) is 0 Å². The number of para-hydroxylation sites is 1. The Bertz CT molecular complexity index is 735. The van der Waals surface area contributed by atoms with Crippen molar-refractivity contribution in [3.05, 3.63) is 47.5 Å². The van der Waals surface area contributed by atoms with Gasteiger partial charge in [0.05, 0.1) is 27.4 Å². The first kappa shape index (κ1) is 19.4. The fourth-order valence-corrected chi connectivity index (χ4v) is 2.49. The van der Waals surface area contributed by atoms with Gasteiger partial charge < -0.3 is 24.3 Å². The molecule has 140 valence electrons. The van der Waals surface area contributed by atoms with Crippen molar-refractivity contribution >= 4 is 5.91 Å². The lowest BCUT2D eigenvalue weighted by Gasteiger charge is -2.17. The summed E-state index contributed by atoms with van der Waals surface area (Å²) in [5.41, 5.74) is 1.47. The van der Waals surface area contributed by atoms with Gasteiger partial charge in [0.2, 0.25) is 5.75 Å². The SMILES string of the molecule is COc1cc(C(=O)NC(C)COc2ccccc2C)cc(OC)c1OC. The first-order valence-electron chi connectivity index (χ1n) is 8.29. The molecule has 0 aliphatic heterocycles. The second kappa shape index (κ2) is 8.99. The average Bonchev–Trinajstić information content (AvgIpc) is 2.65. The third-order valence-corrected chi connectivity index (χ3v) is 3.89. The van der Waals surface area contributed by atoms with Crippen molar-refractivity contribution in [2.45, 2.75) is 19.9 Å². The topological polar surface area (TPSA) is 66.0 Å². The van der Waals surface area contributed by atoms with Gasteiger partial charge in [-0.3, -0.25) is 4.79 Å². The number of aryl methyl sites for hydroxylation is 1. The van der Waals surface area contributed by atoms with Gasteiger partial charge in [-0.25, -0.2) is 0 Å². The molecule has 1 unspecified atom stereocenters. The van der Waals surface area contributed by atoms with Crippen LogP contribution in [0.4, 0.5) is 0 Å². The van der Waals surface area contributed by atoms with E-state index in [9.17, 15) is 4.79 Å². The van der Waals surface area contributed by atoms with Crippen molar-refractivity contribution in [1.82, 2.24) is 5.32 Å². The second-order valence-corrected chi connectivity index (χ2v) is 5.87. The van der Waals surface area contributed by atoms with Crippen LogP contribution >= 0.6 is 0 Å². The number of hydrogen-bond acceptors (Lipinski definition) is 5. The van der Waals surface area contributed by atoms with Crippen molar-refractivity contribution in [3.63, 3.8) is 0 Å². The molecule has 0 heterocycles. The summed E-state index contributed by atoms with van der Waals surface area (Å²) < 4.78 is 21.6. The molecule has 0 radical (unpaired) electrons. The van der Waals surface area contributed by atoms with Gasteiger partial charge in [0.1, 0.15) is 12.4 Å². The predicted molar refractivity (Wildman–Crippen MR) is 99.7 cm³/mol. The number of amides is 1. The molecule has 1 N–H and O–H groups in total. The van der Waals surface area contributed by atoms with Crippen LogP contribution in [0.2, 0.25) is 0 Å². The van der Waals surface area contributed by atoms with Crippen molar-refractivity contribution in [2.24, 2.45) is 0 Å². The monoisotopic (exact) mass is 359 g/mol. The highest BCUT2D eigenvalue weighted by molar-refractivity contribution is 5.95. The van der Waals surface area contributed by atoms with E-state index in [0.717, 1.165) is 11.3 Å². The van der Waals surface area contributed by atoms with Crippen LogP contribution in [0.5, 0.6) is 23.0 Å². The maximum atomic E-state index is 12.6. The Hall–Kier alpha value is -2.89. The number of carbonyl (C=O) groups is 1. The number of benzene rings is 2. The Morgan fingerprint density at radius 1 is 1.00 bits per heavy atom. The summed E-state index contributed by atoms with van der Waals surface area (Å²) in [4.78, 5) is 12.6. The maximum Gasteiger partial charge on any atom is 0.251 e. The molecule has 1 atom stereocenters. The van der Waals surface area contributed by atoms with Crippen LogP contribution in [0.25, 0.3) is 0 Å². The minimum absolute atomic E-state index is 0.179. The summed E-state index contributed by atoms with van der Waals surface area (Å²) in [6.45, 7) is 4.23. The first-order chi connectivity index (χ1) is 12.5. The van der Waals surface area contributed by atoms with E-state index in [0.29, 0.717) is 29.4 Å². The molecule has 6 heteroatoms. The van der Waals surface area contributed by atoms with Crippen LogP contribution in [0.15, 0.2) is 36.4 Å². The zero-order valence-corrected chi connectivity index (χ0v) is 15.8. The van der Waals surface area contributed by atoms with Gasteiger partial charge in [-0.1, -0.05) is 18.2 Å². The van der Waals surface area contributed by atoms with Gasteiger partial charge in [0.15, 0.2) is 11.5 Å². The second-order valence-electron chi connectivity index (χ2n) is 5.87. The van der Waals surface area contributed by atoms with Gasteiger partial charge in [0, 0.05) is 5.56 Å². The zero-order chi connectivity index (χ0) is 19.1. The van der Waals surface area contributed by atoms with Crippen molar-refractivity contribution in [2.75, 3.05) is 27.9 Å². The van der Waals surface area contributed by atoms with E-state index >= 15 is 0 Å². The molecule has 0 aliphatic carbocycles. The Balaban J connectivity index is 2.05. The number of carbonyl (C=O) groups excluding carboxylic acids is 1. The molecule has 2 rings (SSSR count). The number of nitrogens with one attached hydrogen (secondary N) is 1. The number of hydrogen-bond donors (Lipinski definition) is 1. The summed E-state index contributed by atoms with van der Waals surface area (Å²) in [5.74, 6) is 1.87. The highest BCUT2D eigenvalue weighted by atomic mass is 16.5. The number of ether oxygens (including phenoxy) is 4. The van der Waals surface area contributed by atoms with E-state index in [-0.39, 0.29) is 11.9 Å². The van der Waals surface area contributed by atoms with E-state index in [4.69, 9.17) is 18.9 Å². The third kappa shape index (κ3) is 4.59. The zero-order valence-electron chi connectivity index (χ0n) is 15.8. The van der Waals surface area contributed by atoms with E-state index in [1.165, 1.54) is 21.3 Å². The molecule has 0 bridgehead atoms. The Morgan fingerprint density at radius 2 is 1.62 bits per heavy atom. The molecular weight excluding hydrogens is 334 g/mol. The van der Waals surface area contributed by atoms with Gasteiger partial charge in [-0.15, -0.1) is 0 Å². The minimum Gasteiger partial charge on any atom is -0.493 e. The standard InChI is InChI=1S/C20H25NO5/c1-13-8-6-7-9-16(13)26-12-14(2)21-20(22)15-10-17(23-3)19(25-5)18(11-15)24-4/h6-11,14H,12H2,1-5H3,(H,21,22). The van der Waals surface area contributed by atoms with Crippen LogP contribution in [-0.4, -0.2) is 39.9 Å². The molecule has 6 nitrogen and oxygen atoms in total. The van der Waals surface area contributed by atoms with Crippen molar-refractivity contribution in [3.8, 4) is 23.0 Å². The van der Waals surface area contributed by atoms with Crippen LogP contribution in [0.3, 0.4) is 0 Å². The smallest absolute Gasteiger partial charge is 0.251 e. The summed E-state index contributed by atoms with van der Waals surface area (Å²) in [7, 11) is 4.54. The molecule has 0 saturated heterocycles. The summed E-state index contributed by atoms with van der Waals surface area (Å²) in [5, 5.41) is 2.91. The van der Waals surface area contributed by atoms with E-state index in [1.54, 1.807) is 12.1 Å². The summed E-state index contributed by atoms with van der Waals surface area (Å²) in [6.07, 6.45) is 0. The quantitative estimate of drug-likeness (QED) is 0.784. The number of rotatable bonds is 8. The third-order valence-electron chi connectivity index (χ3n) is 3.89. The molecular formula is C20H25NO5. The van der Waals surface area contributed by atoms with Crippen LogP contribution in [0.1, 0.15) is 22.8 Å². The fourth-order valence-electron chi connectivity index (χ4n) is 2.49. The summed E-state index contributed by atoms with van der Waals surface area (Å²) in [6, 6.07) is 10.8. The number of methoxy groups -OCH3 is 3. The highest BCUT2D eigenvalue weighted by Gasteiger charge is 2.18. The van der Waals surface area contributed by atoms with Crippen LogP contribution in [0, 0.1) is 6.92 Å². The molecule has 0 aliphatic rings. The maximum absolute atomic E-state index is 12.6. The van der Waals surface area contributed by atoms with E-state index in [1.807, 2.05) is 38.1 Å². The van der Waals surface area contributed by atoms with E-state index < -0.39 is 0 Å². The Labute approximate surface area is 154 Å². The largest absolute Gasteiger partial charge is 0.493 e. The molecule has 0 spiro atoms. The van der Waals surface area contributed by atoms with E-state index in [2.05, 4.69) is 5.32 Å². The van der Waals surface area contributed by atoms with Crippen LogP contribution in [-0.2, 0) is 0 Å². The minimum atomic E-state index is -0.245. The van der Waals surface area contributed by atoms with Crippen molar-refractivity contribution < 1.29 is 23.7 Å². The van der Waals surface area contributed by atoms with Gasteiger partial charge in [0.25, 0.3) is 5.91 Å². The van der Waals surface area contributed by atoms with Gasteiger partial charge >= 0.3 is 0 Å².